The predicted molar refractivity (Wildman–Crippen MR) is 87.8 cm³/mol. The molecule has 3 N–H and O–H groups in total. The molecule has 0 saturated heterocycles. The van der Waals surface area contributed by atoms with Gasteiger partial charge in [-0.05, 0) is 48.9 Å². The number of phenols is 1. The Morgan fingerprint density at radius 1 is 1.22 bits per heavy atom. The van der Waals surface area contributed by atoms with Crippen LogP contribution >= 0.6 is 11.6 Å². The summed E-state index contributed by atoms with van der Waals surface area (Å²) in [6, 6.07) is 11.4. The number of primary amides is 1. The monoisotopic (exact) mass is 328 g/mol. The van der Waals surface area contributed by atoms with E-state index in [4.69, 9.17) is 21.8 Å². The van der Waals surface area contributed by atoms with Crippen molar-refractivity contribution in [3.05, 3.63) is 64.2 Å². The van der Waals surface area contributed by atoms with Crippen molar-refractivity contribution < 1.29 is 14.3 Å². The smallest absolute Gasteiger partial charge is 0.254 e. The topological polar surface area (TPSA) is 88.8 Å². The number of nitrogens with two attached hydrogens (primary N) is 1. The standard InChI is InChI=1S/C17H13ClN2O3/c1-9-6-11(18)3-5-14(9)20-17-13(16(19)22)7-10-2-4-12(21)8-15(10)23-17/h2-8,21H,1H3,(H2,19,22). The zero-order valence-electron chi connectivity index (χ0n) is 12.2. The van der Waals surface area contributed by atoms with E-state index in [2.05, 4.69) is 4.99 Å². The minimum absolute atomic E-state index is 0.0571. The highest BCUT2D eigenvalue weighted by atomic mass is 35.5. The zero-order valence-corrected chi connectivity index (χ0v) is 13.0. The number of carbonyl (C=O) groups excluding carboxylic acids is 1. The third-order valence-electron chi connectivity index (χ3n) is 3.38. The first-order chi connectivity index (χ1) is 10.9. The fraction of sp³-hybridized carbons (Fsp3) is 0.0588. The van der Waals surface area contributed by atoms with Crippen LogP contribution in [0.5, 0.6) is 5.75 Å². The maximum absolute atomic E-state index is 11.7. The van der Waals surface area contributed by atoms with E-state index in [0.717, 1.165) is 5.56 Å². The molecule has 0 bridgehead atoms. The Bertz CT molecular complexity index is 993. The molecule has 3 aromatic rings. The number of hydrogen-bond donors (Lipinski definition) is 2. The third kappa shape index (κ3) is 3.05. The summed E-state index contributed by atoms with van der Waals surface area (Å²) in [5.74, 6) is -0.587. The molecular weight excluding hydrogens is 316 g/mol. The summed E-state index contributed by atoms with van der Waals surface area (Å²) < 4.78 is 5.66. The number of amides is 1. The summed E-state index contributed by atoms with van der Waals surface area (Å²) in [4.78, 5) is 16.1. The van der Waals surface area contributed by atoms with Gasteiger partial charge in [0, 0.05) is 16.5 Å². The summed E-state index contributed by atoms with van der Waals surface area (Å²) >= 11 is 5.93. The first-order valence-electron chi connectivity index (χ1n) is 6.81. The molecule has 0 fully saturated rings. The summed E-state index contributed by atoms with van der Waals surface area (Å²) in [5.41, 5.74) is 7.52. The zero-order chi connectivity index (χ0) is 16.6. The van der Waals surface area contributed by atoms with E-state index in [1.54, 1.807) is 30.3 Å². The number of halogens is 1. The highest BCUT2D eigenvalue weighted by Crippen LogP contribution is 2.23. The number of benzene rings is 2. The Kier molecular flexibility index (Phi) is 3.80. The molecule has 1 heterocycles. The van der Waals surface area contributed by atoms with Crippen LogP contribution in [0.1, 0.15) is 15.9 Å². The second kappa shape index (κ2) is 5.78. The third-order valence-corrected chi connectivity index (χ3v) is 3.62. The molecule has 116 valence electrons. The van der Waals surface area contributed by atoms with Crippen LogP contribution in [0, 0.1) is 6.92 Å². The Hall–Kier alpha value is -2.79. The van der Waals surface area contributed by atoms with E-state index >= 15 is 0 Å². The quantitative estimate of drug-likeness (QED) is 0.755. The Morgan fingerprint density at radius 3 is 2.70 bits per heavy atom. The largest absolute Gasteiger partial charge is 0.508 e. The van der Waals surface area contributed by atoms with Crippen LogP contribution in [0.15, 0.2) is 51.9 Å². The molecule has 0 aliphatic heterocycles. The van der Waals surface area contributed by atoms with Gasteiger partial charge in [-0.15, -0.1) is 0 Å². The van der Waals surface area contributed by atoms with Gasteiger partial charge in [-0.2, -0.15) is 0 Å². The molecule has 5 nitrogen and oxygen atoms in total. The number of aryl methyl sites for hydroxylation is 1. The maximum atomic E-state index is 11.7. The number of fused-ring (bicyclic) bond motifs is 1. The second-order valence-electron chi connectivity index (χ2n) is 5.09. The van der Waals surface area contributed by atoms with Crippen LogP contribution in [0.3, 0.4) is 0 Å². The normalized spacial score (nSPS) is 11.8. The number of carbonyl (C=O) groups is 1. The van der Waals surface area contributed by atoms with Gasteiger partial charge in [0.2, 0.25) is 5.55 Å². The van der Waals surface area contributed by atoms with Gasteiger partial charge in [-0.25, -0.2) is 4.99 Å². The molecule has 0 atom stereocenters. The van der Waals surface area contributed by atoms with Crippen molar-refractivity contribution in [3.8, 4) is 5.75 Å². The van der Waals surface area contributed by atoms with Crippen molar-refractivity contribution in [1.29, 1.82) is 0 Å². The highest BCUT2D eigenvalue weighted by molar-refractivity contribution is 6.30. The molecular formula is C17H13ClN2O3. The van der Waals surface area contributed by atoms with Crippen molar-refractivity contribution >= 4 is 34.2 Å². The van der Waals surface area contributed by atoms with Crippen LogP contribution < -0.4 is 11.3 Å². The molecule has 1 amide bonds. The van der Waals surface area contributed by atoms with Gasteiger partial charge >= 0.3 is 0 Å². The Balaban J connectivity index is 2.31. The van der Waals surface area contributed by atoms with E-state index in [1.807, 2.05) is 6.92 Å². The fourth-order valence-electron chi connectivity index (χ4n) is 2.22. The van der Waals surface area contributed by atoms with E-state index in [1.165, 1.54) is 12.1 Å². The van der Waals surface area contributed by atoms with Crippen molar-refractivity contribution in [3.63, 3.8) is 0 Å². The predicted octanol–water partition coefficient (Wildman–Crippen LogP) is 3.43. The van der Waals surface area contributed by atoms with Crippen molar-refractivity contribution in [2.75, 3.05) is 0 Å². The Morgan fingerprint density at radius 2 is 2.00 bits per heavy atom. The molecule has 2 aromatic carbocycles. The highest BCUT2D eigenvalue weighted by Gasteiger charge is 2.10. The molecule has 0 aliphatic rings. The lowest BCUT2D eigenvalue weighted by atomic mass is 10.1. The average molecular weight is 329 g/mol. The molecule has 0 radical (unpaired) electrons. The van der Waals surface area contributed by atoms with Gasteiger partial charge in [-0.1, -0.05) is 11.6 Å². The molecule has 1 aromatic heterocycles. The summed E-state index contributed by atoms with van der Waals surface area (Å²) in [6.07, 6.45) is 0. The lowest BCUT2D eigenvalue weighted by Gasteiger charge is -2.04. The summed E-state index contributed by atoms with van der Waals surface area (Å²) in [7, 11) is 0. The van der Waals surface area contributed by atoms with Crippen LogP contribution in [0.4, 0.5) is 5.69 Å². The fourth-order valence-corrected chi connectivity index (χ4v) is 2.45. The average Bonchev–Trinajstić information content (AvgIpc) is 2.49. The lowest BCUT2D eigenvalue weighted by Crippen LogP contribution is -2.21. The van der Waals surface area contributed by atoms with Crippen molar-refractivity contribution in [1.82, 2.24) is 0 Å². The van der Waals surface area contributed by atoms with Crippen LogP contribution in [0.25, 0.3) is 11.0 Å². The SMILES string of the molecule is Cc1cc(Cl)ccc1N=c1oc2cc(O)ccc2cc1C(N)=O. The van der Waals surface area contributed by atoms with Crippen molar-refractivity contribution in [2.45, 2.75) is 6.92 Å². The van der Waals surface area contributed by atoms with Crippen LogP contribution in [0.2, 0.25) is 5.02 Å². The van der Waals surface area contributed by atoms with Gasteiger partial charge in [0.05, 0.1) is 5.69 Å². The Labute approximate surface area is 136 Å². The molecule has 0 aliphatic carbocycles. The lowest BCUT2D eigenvalue weighted by molar-refractivity contribution is 0.0996. The number of hydrogen-bond acceptors (Lipinski definition) is 4. The number of nitrogens with zero attached hydrogens (tertiary/aromatic N) is 1. The number of phenolic OH excluding ortho intramolecular Hbond substituents is 1. The van der Waals surface area contributed by atoms with Crippen LogP contribution in [-0.2, 0) is 0 Å². The molecule has 6 heteroatoms. The van der Waals surface area contributed by atoms with Gasteiger partial charge in [-0.3, -0.25) is 4.79 Å². The van der Waals surface area contributed by atoms with E-state index in [0.29, 0.717) is 21.7 Å². The summed E-state index contributed by atoms with van der Waals surface area (Å²) in [6.45, 7) is 1.85. The van der Waals surface area contributed by atoms with E-state index < -0.39 is 5.91 Å². The molecule has 0 unspecified atom stereocenters. The van der Waals surface area contributed by atoms with Crippen LogP contribution in [-0.4, -0.2) is 11.0 Å². The van der Waals surface area contributed by atoms with Gasteiger partial charge < -0.3 is 15.3 Å². The molecule has 0 spiro atoms. The van der Waals surface area contributed by atoms with Gasteiger partial charge in [0.1, 0.15) is 16.9 Å². The number of aromatic hydroxyl groups is 1. The molecule has 3 rings (SSSR count). The maximum Gasteiger partial charge on any atom is 0.254 e. The second-order valence-corrected chi connectivity index (χ2v) is 5.53. The van der Waals surface area contributed by atoms with Crippen molar-refractivity contribution in [2.24, 2.45) is 10.7 Å². The minimum atomic E-state index is -0.644. The number of rotatable bonds is 2. The van der Waals surface area contributed by atoms with Gasteiger partial charge in [0.15, 0.2) is 0 Å². The summed E-state index contributed by atoms with van der Waals surface area (Å²) in [5, 5.41) is 10.8. The first kappa shape index (κ1) is 15.1. The van der Waals surface area contributed by atoms with E-state index in [-0.39, 0.29) is 16.9 Å². The first-order valence-corrected chi connectivity index (χ1v) is 7.19. The van der Waals surface area contributed by atoms with Gasteiger partial charge in [0.25, 0.3) is 5.91 Å². The molecule has 23 heavy (non-hydrogen) atoms. The van der Waals surface area contributed by atoms with E-state index in [9.17, 15) is 9.90 Å². The molecule has 0 saturated carbocycles. The minimum Gasteiger partial charge on any atom is -0.508 e.